The van der Waals surface area contributed by atoms with Crippen molar-refractivity contribution in [1.29, 1.82) is 0 Å². The van der Waals surface area contributed by atoms with Crippen molar-refractivity contribution in [3.05, 3.63) is 62.2 Å². The molecule has 0 unspecified atom stereocenters. The van der Waals surface area contributed by atoms with E-state index in [1.165, 1.54) is 6.07 Å². The Kier molecular flexibility index (Phi) is 5.31. The monoisotopic (exact) mass is 467 g/mol. The highest BCUT2D eigenvalue weighted by atomic mass is 19.1. The Morgan fingerprint density at radius 1 is 1.29 bits per heavy atom. The molecule has 5 rings (SSSR count). The van der Waals surface area contributed by atoms with Crippen molar-refractivity contribution in [2.75, 3.05) is 13.2 Å². The van der Waals surface area contributed by atoms with E-state index in [1.54, 1.807) is 30.5 Å². The fourth-order valence-corrected chi connectivity index (χ4v) is 5.12. The fraction of sp³-hybridized carbons (Fsp3) is 0.400. The molecule has 3 N–H and O–H groups in total. The Morgan fingerprint density at radius 2 is 2.06 bits per heavy atom. The standard InChI is InChI=1S/C25H26FN3O5/c1-4-25(33)17-8-20-22-15(10-29(20)23(31)16(17)11-34-24(25)32)21(13(3)27-5-6-30)14-7-12(2)18(26)9-19(14)28-22/h7-9,13,27,30,33H,4-6,10-11H2,1-3H3/t13-,25-/m0/s1. The van der Waals surface area contributed by atoms with E-state index in [2.05, 4.69) is 5.32 Å². The van der Waals surface area contributed by atoms with Gasteiger partial charge >= 0.3 is 5.97 Å². The zero-order valence-corrected chi connectivity index (χ0v) is 19.2. The highest BCUT2D eigenvalue weighted by Crippen LogP contribution is 2.41. The van der Waals surface area contributed by atoms with Crippen LogP contribution >= 0.6 is 0 Å². The molecule has 8 nitrogen and oxygen atoms in total. The summed E-state index contributed by atoms with van der Waals surface area (Å²) >= 11 is 0. The minimum absolute atomic E-state index is 0.0424. The number of benzene rings is 1. The lowest BCUT2D eigenvalue weighted by Gasteiger charge is -2.31. The summed E-state index contributed by atoms with van der Waals surface area (Å²) in [5.41, 5.74) is 1.82. The number of aryl methyl sites for hydroxylation is 1. The number of hydrogen-bond donors (Lipinski definition) is 3. The first-order valence-electron chi connectivity index (χ1n) is 11.3. The molecule has 2 atom stereocenters. The quantitative estimate of drug-likeness (QED) is 0.386. The van der Waals surface area contributed by atoms with Gasteiger partial charge in [0.1, 0.15) is 12.4 Å². The molecule has 178 valence electrons. The van der Waals surface area contributed by atoms with Gasteiger partial charge in [0.05, 0.1) is 35.6 Å². The van der Waals surface area contributed by atoms with Gasteiger partial charge in [0, 0.05) is 35.2 Å². The lowest BCUT2D eigenvalue weighted by molar-refractivity contribution is -0.172. The Labute approximate surface area is 195 Å². The van der Waals surface area contributed by atoms with E-state index in [9.17, 15) is 24.2 Å². The molecule has 0 amide bonds. The van der Waals surface area contributed by atoms with Crippen molar-refractivity contribution < 1.29 is 24.1 Å². The SMILES string of the molecule is CC[C@@]1(O)C(=O)OCc2c1cc1n(c2=O)Cc2c-1nc1cc(F)c(C)cc1c2[C@H](C)NCCO. The molecule has 0 bridgehead atoms. The summed E-state index contributed by atoms with van der Waals surface area (Å²) in [6.07, 6.45) is 0.0532. The van der Waals surface area contributed by atoms with Gasteiger partial charge in [-0.3, -0.25) is 4.79 Å². The number of pyridine rings is 2. The van der Waals surface area contributed by atoms with E-state index in [-0.39, 0.29) is 54.7 Å². The van der Waals surface area contributed by atoms with Crippen molar-refractivity contribution in [2.45, 2.75) is 52.0 Å². The number of ether oxygens (including phenoxy) is 1. The normalized spacial score (nSPS) is 19.5. The van der Waals surface area contributed by atoms with E-state index in [0.29, 0.717) is 29.0 Å². The average molecular weight is 467 g/mol. The van der Waals surface area contributed by atoms with Crippen LogP contribution in [0.3, 0.4) is 0 Å². The van der Waals surface area contributed by atoms with Crippen LogP contribution in [0.4, 0.5) is 4.39 Å². The smallest absolute Gasteiger partial charge is 0.343 e. The summed E-state index contributed by atoms with van der Waals surface area (Å²) in [4.78, 5) is 30.6. The van der Waals surface area contributed by atoms with Gasteiger partial charge in [0.15, 0.2) is 5.60 Å². The summed E-state index contributed by atoms with van der Waals surface area (Å²) in [6.45, 7) is 5.65. The van der Waals surface area contributed by atoms with Crippen LogP contribution in [-0.2, 0) is 28.3 Å². The number of carbonyl (C=O) groups excluding carboxylic acids is 1. The van der Waals surface area contributed by atoms with Gasteiger partial charge in [-0.25, -0.2) is 14.2 Å². The van der Waals surface area contributed by atoms with Crippen LogP contribution in [0.1, 0.15) is 54.1 Å². The van der Waals surface area contributed by atoms with Gasteiger partial charge in [-0.15, -0.1) is 0 Å². The molecule has 3 aromatic rings. The molecule has 0 aliphatic carbocycles. The van der Waals surface area contributed by atoms with Crippen LogP contribution in [0.5, 0.6) is 0 Å². The minimum Gasteiger partial charge on any atom is -0.458 e. The Hall–Kier alpha value is -3.14. The molecule has 0 saturated heterocycles. The number of hydrogen-bond acceptors (Lipinski definition) is 7. The zero-order chi connectivity index (χ0) is 24.4. The number of aliphatic hydroxyl groups excluding tert-OH is 1. The van der Waals surface area contributed by atoms with E-state index < -0.39 is 11.6 Å². The second kappa shape index (κ2) is 7.97. The molecule has 0 fully saturated rings. The van der Waals surface area contributed by atoms with Crippen molar-refractivity contribution in [1.82, 2.24) is 14.9 Å². The molecule has 2 aliphatic heterocycles. The maximum atomic E-state index is 14.5. The molecule has 0 saturated carbocycles. The second-order valence-corrected chi connectivity index (χ2v) is 8.97. The van der Waals surface area contributed by atoms with Gasteiger partial charge in [-0.2, -0.15) is 0 Å². The predicted molar refractivity (Wildman–Crippen MR) is 123 cm³/mol. The molecular formula is C25H26FN3O5. The third-order valence-corrected chi connectivity index (χ3v) is 7.01. The third kappa shape index (κ3) is 3.11. The summed E-state index contributed by atoms with van der Waals surface area (Å²) in [5, 5.41) is 24.4. The van der Waals surface area contributed by atoms with Gasteiger partial charge in [-0.05, 0) is 43.5 Å². The summed E-state index contributed by atoms with van der Waals surface area (Å²) in [6, 6.07) is 4.56. The number of carbonyl (C=O) groups is 1. The van der Waals surface area contributed by atoms with Crippen molar-refractivity contribution in [2.24, 2.45) is 0 Å². The Morgan fingerprint density at radius 3 is 2.76 bits per heavy atom. The number of aliphatic hydroxyl groups is 2. The number of nitrogens with zero attached hydrogens (tertiary/aromatic N) is 2. The summed E-state index contributed by atoms with van der Waals surface area (Å²) in [5.74, 6) is -1.16. The van der Waals surface area contributed by atoms with Crippen molar-refractivity contribution >= 4 is 16.9 Å². The molecule has 9 heteroatoms. The van der Waals surface area contributed by atoms with E-state index in [4.69, 9.17) is 9.72 Å². The van der Waals surface area contributed by atoms with Crippen LogP contribution in [0.2, 0.25) is 0 Å². The number of cyclic esters (lactones) is 1. The van der Waals surface area contributed by atoms with Gasteiger partial charge in [0.25, 0.3) is 5.56 Å². The van der Waals surface area contributed by atoms with E-state index >= 15 is 0 Å². The van der Waals surface area contributed by atoms with Gasteiger partial charge in [-0.1, -0.05) is 6.92 Å². The molecule has 2 aromatic heterocycles. The van der Waals surface area contributed by atoms with E-state index in [1.807, 2.05) is 6.92 Å². The van der Waals surface area contributed by atoms with Crippen molar-refractivity contribution in [3.8, 4) is 11.4 Å². The first-order valence-corrected chi connectivity index (χ1v) is 11.3. The molecule has 1 aromatic carbocycles. The second-order valence-electron chi connectivity index (χ2n) is 8.97. The number of fused-ring (bicyclic) bond motifs is 5. The molecular weight excluding hydrogens is 441 g/mol. The lowest BCUT2D eigenvalue weighted by Crippen LogP contribution is -2.44. The van der Waals surface area contributed by atoms with Gasteiger partial charge in [0.2, 0.25) is 0 Å². The largest absolute Gasteiger partial charge is 0.458 e. The molecule has 34 heavy (non-hydrogen) atoms. The van der Waals surface area contributed by atoms with Crippen LogP contribution in [0.25, 0.3) is 22.3 Å². The third-order valence-electron chi connectivity index (χ3n) is 7.01. The van der Waals surface area contributed by atoms with Crippen LogP contribution in [0.15, 0.2) is 23.0 Å². The summed E-state index contributed by atoms with van der Waals surface area (Å²) < 4.78 is 21.2. The number of nitrogens with one attached hydrogen (secondary N) is 1. The average Bonchev–Trinajstić information content (AvgIpc) is 3.18. The Bertz CT molecular complexity index is 1420. The number of aromatic nitrogens is 2. The van der Waals surface area contributed by atoms with Crippen LogP contribution in [-0.4, -0.2) is 38.9 Å². The minimum atomic E-state index is -1.91. The molecule has 0 spiro atoms. The topological polar surface area (TPSA) is 114 Å². The maximum Gasteiger partial charge on any atom is 0.343 e. The van der Waals surface area contributed by atoms with Crippen molar-refractivity contribution in [3.63, 3.8) is 0 Å². The Balaban J connectivity index is 1.81. The number of rotatable bonds is 5. The molecule has 4 heterocycles. The maximum absolute atomic E-state index is 14.5. The molecule has 0 radical (unpaired) electrons. The van der Waals surface area contributed by atoms with Gasteiger partial charge < -0.3 is 24.8 Å². The van der Waals surface area contributed by atoms with Crippen LogP contribution in [0, 0.1) is 12.7 Å². The highest BCUT2D eigenvalue weighted by Gasteiger charge is 2.45. The first kappa shape index (κ1) is 22.6. The fourth-order valence-electron chi connectivity index (χ4n) is 5.12. The predicted octanol–water partition coefficient (Wildman–Crippen LogP) is 2.17. The lowest BCUT2D eigenvalue weighted by atomic mass is 9.86. The summed E-state index contributed by atoms with van der Waals surface area (Å²) in [7, 11) is 0. The van der Waals surface area contributed by atoms with Crippen LogP contribution < -0.4 is 10.9 Å². The first-order chi connectivity index (χ1) is 16.2. The highest BCUT2D eigenvalue weighted by molar-refractivity contribution is 5.90. The zero-order valence-electron chi connectivity index (χ0n) is 19.2. The van der Waals surface area contributed by atoms with E-state index in [0.717, 1.165) is 16.5 Å². The number of halogens is 1. The molecule has 2 aliphatic rings. The number of esters is 1.